The summed E-state index contributed by atoms with van der Waals surface area (Å²) in [7, 11) is 0. The standard InChI is InChI=1S/C10H12N2OS/c1-6-3-4-8(13-6)10-12-7(2)9(5-11)14-10/h3-4H,5,11H2,1-2H3. The van der Waals surface area contributed by atoms with Gasteiger partial charge in [0.2, 0.25) is 0 Å². The largest absolute Gasteiger partial charge is 0.459 e. The molecule has 14 heavy (non-hydrogen) atoms. The van der Waals surface area contributed by atoms with Crippen molar-refractivity contribution in [2.24, 2.45) is 5.73 Å². The van der Waals surface area contributed by atoms with Gasteiger partial charge in [0.25, 0.3) is 0 Å². The Hall–Kier alpha value is -1.13. The maximum Gasteiger partial charge on any atom is 0.162 e. The van der Waals surface area contributed by atoms with E-state index in [4.69, 9.17) is 10.2 Å². The summed E-state index contributed by atoms with van der Waals surface area (Å²) in [4.78, 5) is 5.53. The van der Waals surface area contributed by atoms with Gasteiger partial charge in [-0.15, -0.1) is 11.3 Å². The lowest BCUT2D eigenvalue weighted by atomic mass is 10.4. The fourth-order valence-corrected chi connectivity index (χ4v) is 2.18. The van der Waals surface area contributed by atoms with Crippen LogP contribution in [0.3, 0.4) is 0 Å². The van der Waals surface area contributed by atoms with Crippen LogP contribution in [0.4, 0.5) is 0 Å². The van der Waals surface area contributed by atoms with Crippen LogP contribution in [0.1, 0.15) is 16.3 Å². The molecule has 2 aromatic heterocycles. The van der Waals surface area contributed by atoms with E-state index in [0.717, 1.165) is 27.1 Å². The van der Waals surface area contributed by atoms with Crippen LogP contribution >= 0.6 is 11.3 Å². The van der Waals surface area contributed by atoms with E-state index in [-0.39, 0.29) is 0 Å². The average Bonchev–Trinajstić information content (AvgIpc) is 2.71. The van der Waals surface area contributed by atoms with Gasteiger partial charge in [-0.05, 0) is 26.0 Å². The number of thiazole rings is 1. The van der Waals surface area contributed by atoms with Gasteiger partial charge in [0.05, 0.1) is 5.69 Å². The van der Waals surface area contributed by atoms with Crippen molar-refractivity contribution in [1.82, 2.24) is 4.98 Å². The summed E-state index contributed by atoms with van der Waals surface area (Å²) < 4.78 is 5.49. The van der Waals surface area contributed by atoms with E-state index in [0.29, 0.717) is 6.54 Å². The van der Waals surface area contributed by atoms with E-state index in [2.05, 4.69) is 4.98 Å². The molecule has 0 amide bonds. The summed E-state index contributed by atoms with van der Waals surface area (Å²) in [5, 5.41) is 0.913. The second kappa shape index (κ2) is 3.55. The topological polar surface area (TPSA) is 52.0 Å². The van der Waals surface area contributed by atoms with E-state index in [1.807, 2.05) is 26.0 Å². The summed E-state index contributed by atoms with van der Waals surface area (Å²) in [6.45, 7) is 4.44. The van der Waals surface area contributed by atoms with Crippen LogP contribution in [0, 0.1) is 13.8 Å². The number of aromatic nitrogens is 1. The first-order valence-corrected chi connectivity index (χ1v) is 5.25. The molecule has 0 spiro atoms. The molecule has 0 unspecified atom stereocenters. The molecule has 2 heterocycles. The molecule has 0 bridgehead atoms. The van der Waals surface area contributed by atoms with Gasteiger partial charge >= 0.3 is 0 Å². The summed E-state index contributed by atoms with van der Waals surface area (Å²) in [5.74, 6) is 1.73. The molecule has 0 aromatic carbocycles. The van der Waals surface area contributed by atoms with Crippen LogP contribution < -0.4 is 5.73 Å². The number of aryl methyl sites for hydroxylation is 2. The molecule has 0 aliphatic heterocycles. The Morgan fingerprint density at radius 1 is 1.43 bits per heavy atom. The lowest BCUT2D eigenvalue weighted by Crippen LogP contribution is -1.94. The highest BCUT2D eigenvalue weighted by atomic mass is 32.1. The minimum absolute atomic E-state index is 0.545. The molecule has 0 aliphatic carbocycles. The SMILES string of the molecule is Cc1ccc(-c2nc(C)c(CN)s2)o1. The molecular weight excluding hydrogens is 196 g/mol. The van der Waals surface area contributed by atoms with Gasteiger partial charge in [0, 0.05) is 11.4 Å². The van der Waals surface area contributed by atoms with Crippen molar-refractivity contribution in [1.29, 1.82) is 0 Å². The monoisotopic (exact) mass is 208 g/mol. The lowest BCUT2D eigenvalue weighted by molar-refractivity contribution is 0.548. The predicted molar refractivity (Wildman–Crippen MR) is 57.2 cm³/mol. The minimum atomic E-state index is 0.545. The highest BCUT2D eigenvalue weighted by Crippen LogP contribution is 2.28. The molecule has 0 fully saturated rings. The van der Waals surface area contributed by atoms with Crippen LogP contribution in [0.2, 0.25) is 0 Å². The summed E-state index contributed by atoms with van der Waals surface area (Å²) in [5.41, 5.74) is 6.59. The zero-order valence-corrected chi connectivity index (χ0v) is 9.02. The van der Waals surface area contributed by atoms with Crippen molar-refractivity contribution in [3.8, 4) is 10.8 Å². The Balaban J connectivity index is 2.42. The average molecular weight is 208 g/mol. The van der Waals surface area contributed by atoms with E-state index >= 15 is 0 Å². The first-order valence-electron chi connectivity index (χ1n) is 4.44. The van der Waals surface area contributed by atoms with Crippen molar-refractivity contribution in [2.45, 2.75) is 20.4 Å². The number of hydrogen-bond donors (Lipinski definition) is 1. The fourth-order valence-electron chi connectivity index (χ4n) is 1.27. The molecule has 2 rings (SSSR count). The summed E-state index contributed by atoms with van der Waals surface area (Å²) in [6, 6.07) is 3.88. The Morgan fingerprint density at radius 3 is 2.71 bits per heavy atom. The van der Waals surface area contributed by atoms with Gasteiger partial charge in [-0.2, -0.15) is 0 Å². The third-order valence-electron chi connectivity index (χ3n) is 2.03. The molecule has 74 valence electrons. The summed E-state index contributed by atoms with van der Waals surface area (Å²) in [6.07, 6.45) is 0. The molecular formula is C10H12N2OS. The quantitative estimate of drug-likeness (QED) is 0.824. The third kappa shape index (κ3) is 1.58. The Morgan fingerprint density at radius 2 is 2.21 bits per heavy atom. The van der Waals surface area contributed by atoms with Crippen molar-refractivity contribution in [3.05, 3.63) is 28.5 Å². The maximum absolute atomic E-state index is 5.59. The highest BCUT2D eigenvalue weighted by molar-refractivity contribution is 7.15. The number of nitrogens with zero attached hydrogens (tertiary/aromatic N) is 1. The molecule has 3 nitrogen and oxygen atoms in total. The first-order chi connectivity index (χ1) is 6.70. The Labute approximate surface area is 86.6 Å². The van der Waals surface area contributed by atoms with E-state index in [9.17, 15) is 0 Å². The molecule has 0 radical (unpaired) electrons. The predicted octanol–water partition coefficient (Wildman–Crippen LogP) is 2.48. The van der Waals surface area contributed by atoms with Gasteiger partial charge in [-0.25, -0.2) is 4.98 Å². The van der Waals surface area contributed by atoms with Gasteiger partial charge in [-0.3, -0.25) is 0 Å². The van der Waals surface area contributed by atoms with Crippen LogP contribution in [0.5, 0.6) is 0 Å². The van der Waals surface area contributed by atoms with Gasteiger partial charge in [0.15, 0.2) is 10.8 Å². The fraction of sp³-hybridized carbons (Fsp3) is 0.300. The molecule has 0 saturated carbocycles. The van der Waals surface area contributed by atoms with Crippen molar-refractivity contribution in [3.63, 3.8) is 0 Å². The van der Waals surface area contributed by atoms with Crippen LogP contribution in [-0.2, 0) is 6.54 Å². The van der Waals surface area contributed by atoms with Crippen molar-refractivity contribution < 1.29 is 4.42 Å². The molecule has 0 aliphatic rings. The smallest absolute Gasteiger partial charge is 0.162 e. The van der Waals surface area contributed by atoms with Gasteiger partial charge < -0.3 is 10.2 Å². The molecule has 0 saturated heterocycles. The Bertz CT molecular complexity index is 445. The molecule has 2 N–H and O–H groups in total. The Kier molecular flexibility index (Phi) is 2.39. The zero-order valence-electron chi connectivity index (χ0n) is 8.20. The zero-order chi connectivity index (χ0) is 10.1. The number of nitrogens with two attached hydrogens (primary N) is 1. The lowest BCUT2D eigenvalue weighted by Gasteiger charge is -1.87. The summed E-state index contributed by atoms with van der Waals surface area (Å²) >= 11 is 1.60. The van der Waals surface area contributed by atoms with Crippen LogP contribution in [-0.4, -0.2) is 4.98 Å². The molecule has 0 atom stereocenters. The highest BCUT2D eigenvalue weighted by Gasteiger charge is 2.10. The molecule has 4 heteroatoms. The van der Waals surface area contributed by atoms with E-state index in [1.54, 1.807) is 11.3 Å². The maximum atomic E-state index is 5.59. The van der Waals surface area contributed by atoms with Crippen LogP contribution in [0.25, 0.3) is 10.8 Å². The van der Waals surface area contributed by atoms with Crippen LogP contribution in [0.15, 0.2) is 16.5 Å². The van der Waals surface area contributed by atoms with Gasteiger partial charge in [0.1, 0.15) is 5.76 Å². The third-order valence-corrected chi connectivity index (χ3v) is 3.22. The second-order valence-corrected chi connectivity index (χ2v) is 4.23. The van der Waals surface area contributed by atoms with Crippen molar-refractivity contribution in [2.75, 3.05) is 0 Å². The number of furan rings is 1. The first kappa shape index (κ1) is 9.43. The number of hydrogen-bond acceptors (Lipinski definition) is 4. The van der Waals surface area contributed by atoms with Gasteiger partial charge in [-0.1, -0.05) is 0 Å². The normalized spacial score (nSPS) is 10.8. The minimum Gasteiger partial charge on any atom is -0.459 e. The number of rotatable bonds is 2. The van der Waals surface area contributed by atoms with E-state index in [1.165, 1.54) is 0 Å². The van der Waals surface area contributed by atoms with Crippen molar-refractivity contribution >= 4 is 11.3 Å². The van der Waals surface area contributed by atoms with E-state index < -0.39 is 0 Å². The second-order valence-electron chi connectivity index (χ2n) is 3.14. The molecule has 2 aromatic rings.